The molecule has 0 spiro atoms. The minimum Gasteiger partial charge on any atom is -0.454 e. The van der Waals surface area contributed by atoms with Gasteiger partial charge in [-0.1, -0.05) is 12.1 Å². The van der Waals surface area contributed by atoms with E-state index in [4.69, 9.17) is 9.47 Å². The zero-order valence-electron chi connectivity index (χ0n) is 16.9. The average molecular weight is 434 g/mol. The lowest BCUT2D eigenvalue weighted by molar-refractivity contribution is -0.132. The van der Waals surface area contributed by atoms with Gasteiger partial charge in [0, 0.05) is 18.5 Å². The molecule has 3 aliphatic rings. The van der Waals surface area contributed by atoms with Crippen LogP contribution in [0, 0.1) is 0 Å². The van der Waals surface area contributed by atoms with Crippen LogP contribution in [-0.2, 0) is 16.1 Å². The second-order valence-corrected chi connectivity index (χ2v) is 7.81. The van der Waals surface area contributed by atoms with Crippen molar-refractivity contribution < 1.29 is 33.4 Å². The van der Waals surface area contributed by atoms with Gasteiger partial charge in [0.05, 0.1) is 23.6 Å². The number of nitrogens with one attached hydrogen (secondary N) is 1. The molecule has 2 heterocycles. The first-order valence-electron chi connectivity index (χ1n) is 10.2. The number of ketones is 2. The quantitative estimate of drug-likeness (QED) is 0.574. The van der Waals surface area contributed by atoms with Crippen LogP contribution in [0.15, 0.2) is 36.4 Å². The molecule has 0 aromatic heterocycles. The van der Waals surface area contributed by atoms with Crippen LogP contribution in [0.5, 0.6) is 11.5 Å². The van der Waals surface area contributed by atoms with E-state index in [9.17, 15) is 24.0 Å². The second-order valence-electron chi connectivity index (χ2n) is 7.81. The lowest BCUT2D eigenvalue weighted by atomic mass is 9.92. The number of carbonyl (C=O) groups excluding carboxylic acids is 5. The summed E-state index contributed by atoms with van der Waals surface area (Å²) < 4.78 is 10.5. The molecule has 5 rings (SSSR count). The van der Waals surface area contributed by atoms with Gasteiger partial charge >= 0.3 is 0 Å². The lowest BCUT2D eigenvalue weighted by Crippen LogP contribution is -2.47. The van der Waals surface area contributed by atoms with E-state index in [1.807, 2.05) is 0 Å². The van der Waals surface area contributed by atoms with Crippen LogP contribution in [0.25, 0.3) is 0 Å². The predicted octanol–water partition coefficient (Wildman–Crippen LogP) is 1.63. The number of hydrogen-bond acceptors (Lipinski definition) is 7. The van der Waals surface area contributed by atoms with Crippen LogP contribution in [0.1, 0.15) is 55.9 Å². The Hall–Kier alpha value is -4.01. The Morgan fingerprint density at radius 2 is 1.84 bits per heavy atom. The summed E-state index contributed by atoms with van der Waals surface area (Å²) in [5.74, 6) is -1.08. The summed E-state index contributed by atoms with van der Waals surface area (Å²) in [6, 6.07) is 8.68. The summed E-state index contributed by atoms with van der Waals surface area (Å²) >= 11 is 0. The number of amides is 3. The topological polar surface area (TPSA) is 119 Å². The minimum atomic E-state index is -0.934. The van der Waals surface area contributed by atoms with E-state index < -0.39 is 23.6 Å². The molecule has 0 radical (unpaired) electrons. The summed E-state index contributed by atoms with van der Waals surface area (Å²) in [6.45, 7) is 0.112. The number of ether oxygens (including phenoxy) is 2. The van der Waals surface area contributed by atoms with E-state index in [2.05, 4.69) is 5.32 Å². The smallest absolute Gasteiger partial charge is 0.262 e. The van der Waals surface area contributed by atoms with Crippen LogP contribution in [0.3, 0.4) is 0 Å². The zero-order chi connectivity index (χ0) is 22.4. The van der Waals surface area contributed by atoms with Gasteiger partial charge < -0.3 is 14.8 Å². The summed E-state index contributed by atoms with van der Waals surface area (Å²) in [6.07, 6.45) is 0.0259. The van der Waals surface area contributed by atoms with Crippen molar-refractivity contribution in [1.29, 1.82) is 0 Å². The molecule has 1 fully saturated rings. The molecule has 162 valence electrons. The largest absolute Gasteiger partial charge is 0.454 e. The number of hydrogen-bond donors (Lipinski definition) is 1. The summed E-state index contributed by atoms with van der Waals surface area (Å²) in [7, 11) is 0. The maximum absolute atomic E-state index is 13.1. The van der Waals surface area contributed by atoms with Crippen molar-refractivity contribution in [3.05, 3.63) is 58.7 Å². The SMILES string of the molecule is O=C1CCC(N2C(=O)c3cccc(CNC(=O)c4ccc5c(c4)OCO5)c3C2=O)C(=O)C1. The van der Waals surface area contributed by atoms with Crippen molar-refractivity contribution in [2.75, 3.05) is 6.79 Å². The molecule has 9 nitrogen and oxygen atoms in total. The Kier molecular flexibility index (Phi) is 4.73. The third-order valence-electron chi connectivity index (χ3n) is 5.86. The van der Waals surface area contributed by atoms with Crippen LogP contribution >= 0.6 is 0 Å². The predicted molar refractivity (Wildman–Crippen MR) is 108 cm³/mol. The third-order valence-corrected chi connectivity index (χ3v) is 5.86. The molecule has 1 aliphatic carbocycles. The Morgan fingerprint density at radius 1 is 1.03 bits per heavy atom. The van der Waals surface area contributed by atoms with Crippen molar-refractivity contribution in [2.45, 2.75) is 31.8 Å². The molecule has 2 aromatic carbocycles. The Bertz CT molecular complexity index is 1200. The Morgan fingerprint density at radius 3 is 2.66 bits per heavy atom. The van der Waals surface area contributed by atoms with E-state index in [1.165, 1.54) is 6.07 Å². The molecule has 2 aliphatic heterocycles. The number of Topliss-reactive ketones (excluding diaryl/α,β-unsaturated/α-hetero) is 2. The number of imide groups is 1. The number of fused-ring (bicyclic) bond motifs is 2. The van der Waals surface area contributed by atoms with E-state index in [1.54, 1.807) is 30.3 Å². The molecule has 0 saturated heterocycles. The highest BCUT2D eigenvalue weighted by atomic mass is 16.7. The maximum atomic E-state index is 13.1. The monoisotopic (exact) mass is 434 g/mol. The molecule has 1 unspecified atom stereocenters. The fourth-order valence-electron chi connectivity index (χ4n) is 4.25. The number of carbonyl (C=O) groups is 5. The summed E-state index contributed by atoms with van der Waals surface area (Å²) in [5, 5.41) is 2.75. The first-order valence-corrected chi connectivity index (χ1v) is 10.2. The van der Waals surface area contributed by atoms with Crippen molar-refractivity contribution in [2.24, 2.45) is 0 Å². The highest BCUT2D eigenvalue weighted by Gasteiger charge is 2.45. The molecule has 32 heavy (non-hydrogen) atoms. The second kappa shape index (κ2) is 7.60. The Labute approximate surface area is 182 Å². The van der Waals surface area contributed by atoms with Crippen molar-refractivity contribution >= 4 is 29.3 Å². The fraction of sp³-hybridized carbons (Fsp3) is 0.261. The molecule has 3 amide bonds. The van der Waals surface area contributed by atoms with Gasteiger partial charge in [-0.25, -0.2) is 0 Å². The van der Waals surface area contributed by atoms with Gasteiger partial charge in [-0.15, -0.1) is 0 Å². The van der Waals surface area contributed by atoms with Crippen LogP contribution < -0.4 is 14.8 Å². The van der Waals surface area contributed by atoms with E-state index >= 15 is 0 Å². The van der Waals surface area contributed by atoms with Gasteiger partial charge in [0.15, 0.2) is 17.3 Å². The number of benzene rings is 2. The molecule has 0 bridgehead atoms. The molecule has 1 saturated carbocycles. The van der Waals surface area contributed by atoms with Gasteiger partial charge in [0.2, 0.25) is 6.79 Å². The standard InChI is InChI=1S/C23H18N2O7/c26-14-5-6-16(17(27)9-14)25-22(29)15-3-1-2-13(20(15)23(25)30)10-24-21(28)12-4-7-18-19(8-12)32-11-31-18/h1-4,7-8,16H,5-6,9-11H2,(H,24,28). The zero-order valence-corrected chi connectivity index (χ0v) is 16.9. The van der Waals surface area contributed by atoms with Crippen LogP contribution in [0.2, 0.25) is 0 Å². The number of rotatable bonds is 4. The van der Waals surface area contributed by atoms with Gasteiger partial charge in [-0.05, 0) is 36.2 Å². The highest BCUT2D eigenvalue weighted by molar-refractivity contribution is 6.24. The molecule has 9 heteroatoms. The van der Waals surface area contributed by atoms with Gasteiger partial charge in [0.25, 0.3) is 17.7 Å². The first kappa shape index (κ1) is 19.9. The maximum Gasteiger partial charge on any atom is 0.262 e. The van der Waals surface area contributed by atoms with Gasteiger partial charge in [-0.2, -0.15) is 0 Å². The molecule has 1 atom stereocenters. The minimum absolute atomic E-state index is 0.0143. The molecular weight excluding hydrogens is 416 g/mol. The third kappa shape index (κ3) is 3.22. The van der Waals surface area contributed by atoms with E-state index in [0.717, 1.165) is 4.90 Å². The van der Waals surface area contributed by atoms with Crippen molar-refractivity contribution in [3.8, 4) is 11.5 Å². The van der Waals surface area contributed by atoms with Gasteiger partial charge in [-0.3, -0.25) is 28.9 Å². The van der Waals surface area contributed by atoms with Crippen molar-refractivity contribution in [3.63, 3.8) is 0 Å². The van der Waals surface area contributed by atoms with E-state index in [-0.39, 0.29) is 55.4 Å². The number of nitrogens with zero attached hydrogens (tertiary/aromatic N) is 1. The summed E-state index contributed by atoms with van der Waals surface area (Å²) in [5.41, 5.74) is 1.20. The highest BCUT2D eigenvalue weighted by Crippen LogP contribution is 2.33. The summed E-state index contributed by atoms with van der Waals surface area (Å²) in [4.78, 5) is 63.5. The first-order chi connectivity index (χ1) is 15.4. The average Bonchev–Trinajstić information content (AvgIpc) is 3.35. The Balaban J connectivity index is 1.36. The van der Waals surface area contributed by atoms with Crippen LogP contribution in [0.4, 0.5) is 0 Å². The fourth-order valence-corrected chi connectivity index (χ4v) is 4.25. The van der Waals surface area contributed by atoms with E-state index in [0.29, 0.717) is 22.6 Å². The van der Waals surface area contributed by atoms with Crippen molar-refractivity contribution in [1.82, 2.24) is 10.2 Å². The van der Waals surface area contributed by atoms with Gasteiger partial charge in [0.1, 0.15) is 5.78 Å². The van der Waals surface area contributed by atoms with Crippen LogP contribution in [-0.4, -0.2) is 47.0 Å². The molecule has 2 aromatic rings. The molecular formula is C23H18N2O7. The lowest BCUT2D eigenvalue weighted by Gasteiger charge is -2.27. The normalized spacial score (nSPS) is 19.4. The molecule has 1 N–H and O–H groups in total.